The molecule has 1 aliphatic carbocycles. The minimum atomic E-state index is -0.673. The van der Waals surface area contributed by atoms with Crippen LogP contribution in [0.4, 0.5) is 0 Å². The highest BCUT2D eigenvalue weighted by molar-refractivity contribution is 7.14. The van der Waals surface area contributed by atoms with Crippen LogP contribution in [-0.2, 0) is 16.1 Å². The van der Waals surface area contributed by atoms with E-state index in [2.05, 4.69) is 16.4 Å². The highest BCUT2D eigenvalue weighted by atomic mass is 32.1. The lowest BCUT2D eigenvalue weighted by Crippen LogP contribution is -2.25. The van der Waals surface area contributed by atoms with Crippen LogP contribution in [0.2, 0.25) is 0 Å². The molecular weight excluding hydrogens is 306 g/mol. The number of hydrogen-bond donors (Lipinski definition) is 1. The largest absolute Gasteiger partial charge is 0.481 e. The molecule has 2 aromatic heterocycles. The number of nitrogens with zero attached hydrogens (tertiary/aromatic N) is 1. The molecular formula is C15H17NO3S2. The molecule has 0 amide bonds. The van der Waals surface area contributed by atoms with E-state index in [0.717, 1.165) is 36.4 Å². The molecule has 0 spiro atoms. The number of carboxylic acids is 1. The molecule has 0 radical (unpaired) electrons. The SMILES string of the molecule is O=C(O)C1CCC(OCc2csc(-c3ccsc3)n2)CC1. The predicted molar refractivity (Wildman–Crippen MR) is 83.6 cm³/mol. The zero-order valence-corrected chi connectivity index (χ0v) is 13.2. The number of aliphatic carboxylic acids is 1. The Morgan fingerprint density at radius 1 is 1.33 bits per heavy atom. The Labute approximate surface area is 131 Å². The van der Waals surface area contributed by atoms with E-state index in [1.54, 1.807) is 22.7 Å². The number of thiophene rings is 1. The third-order valence-electron chi connectivity index (χ3n) is 3.81. The van der Waals surface area contributed by atoms with Gasteiger partial charge in [0.25, 0.3) is 0 Å². The zero-order chi connectivity index (χ0) is 14.7. The third kappa shape index (κ3) is 3.70. The van der Waals surface area contributed by atoms with E-state index in [-0.39, 0.29) is 12.0 Å². The summed E-state index contributed by atoms with van der Waals surface area (Å²) in [5, 5.41) is 16.2. The van der Waals surface area contributed by atoms with Crippen molar-refractivity contribution in [3.8, 4) is 10.6 Å². The van der Waals surface area contributed by atoms with Crippen LogP contribution in [0.3, 0.4) is 0 Å². The quantitative estimate of drug-likeness (QED) is 0.902. The average molecular weight is 323 g/mol. The molecule has 0 aliphatic heterocycles. The van der Waals surface area contributed by atoms with Crippen LogP contribution in [0, 0.1) is 5.92 Å². The Kier molecular flexibility index (Phi) is 4.67. The first-order chi connectivity index (χ1) is 10.2. The maximum atomic E-state index is 10.9. The summed E-state index contributed by atoms with van der Waals surface area (Å²) in [5.74, 6) is -0.859. The Morgan fingerprint density at radius 2 is 2.14 bits per heavy atom. The lowest BCUT2D eigenvalue weighted by atomic mass is 9.87. The number of thiazole rings is 1. The molecule has 0 atom stereocenters. The fourth-order valence-corrected chi connectivity index (χ4v) is 4.09. The number of carboxylic acid groups (broad SMARTS) is 1. The number of hydrogen-bond acceptors (Lipinski definition) is 5. The summed E-state index contributed by atoms with van der Waals surface area (Å²) in [4.78, 5) is 15.5. The van der Waals surface area contributed by atoms with Crippen LogP contribution in [0.15, 0.2) is 22.2 Å². The van der Waals surface area contributed by atoms with Crippen molar-refractivity contribution in [2.75, 3.05) is 0 Å². The standard InChI is InChI=1S/C15H17NO3S2/c17-15(18)10-1-3-13(4-2-10)19-7-12-9-21-14(16-12)11-5-6-20-8-11/h5-6,8-10,13H,1-4,7H2,(H,17,18). The monoisotopic (exact) mass is 323 g/mol. The van der Waals surface area contributed by atoms with Crippen LogP contribution < -0.4 is 0 Å². The minimum Gasteiger partial charge on any atom is -0.481 e. The van der Waals surface area contributed by atoms with Crippen molar-refractivity contribution in [3.05, 3.63) is 27.9 Å². The van der Waals surface area contributed by atoms with Crippen molar-refractivity contribution in [1.82, 2.24) is 4.98 Å². The molecule has 0 unspecified atom stereocenters. The molecule has 1 N–H and O–H groups in total. The van der Waals surface area contributed by atoms with Crippen molar-refractivity contribution in [2.24, 2.45) is 5.92 Å². The van der Waals surface area contributed by atoms with Gasteiger partial charge in [0.2, 0.25) is 0 Å². The van der Waals surface area contributed by atoms with E-state index in [0.29, 0.717) is 6.61 Å². The Hall–Kier alpha value is -1.24. The first-order valence-corrected chi connectivity index (χ1v) is 8.86. The van der Waals surface area contributed by atoms with Gasteiger partial charge in [-0.1, -0.05) is 0 Å². The molecule has 6 heteroatoms. The molecule has 0 bridgehead atoms. The van der Waals surface area contributed by atoms with Crippen molar-refractivity contribution in [3.63, 3.8) is 0 Å². The summed E-state index contributed by atoms with van der Waals surface area (Å²) in [7, 11) is 0. The smallest absolute Gasteiger partial charge is 0.306 e. The van der Waals surface area contributed by atoms with Gasteiger partial charge in [-0.25, -0.2) is 4.98 Å². The van der Waals surface area contributed by atoms with Crippen LogP contribution in [-0.4, -0.2) is 22.2 Å². The lowest BCUT2D eigenvalue weighted by Gasteiger charge is -2.25. The van der Waals surface area contributed by atoms with Gasteiger partial charge in [-0.2, -0.15) is 11.3 Å². The first kappa shape index (κ1) is 14.7. The maximum Gasteiger partial charge on any atom is 0.306 e. The van der Waals surface area contributed by atoms with E-state index in [1.165, 1.54) is 5.56 Å². The lowest BCUT2D eigenvalue weighted by molar-refractivity contribution is -0.143. The van der Waals surface area contributed by atoms with E-state index < -0.39 is 5.97 Å². The van der Waals surface area contributed by atoms with Crippen LogP contribution in [0.1, 0.15) is 31.4 Å². The van der Waals surface area contributed by atoms with E-state index >= 15 is 0 Å². The zero-order valence-electron chi connectivity index (χ0n) is 11.5. The topological polar surface area (TPSA) is 59.4 Å². The predicted octanol–water partition coefficient (Wildman–Crippen LogP) is 4.03. The highest BCUT2D eigenvalue weighted by Crippen LogP contribution is 2.28. The molecule has 1 aliphatic rings. The molecule has 1 fully saturated rings. The molecule has 21 heavy (non-hydrogen) atoms. The fraction of sp³-hybridized carbons (Fsp3) is 0.467. The van der Waals surface area contributed by atoms with Gasteiger partial charge >= 0.3 is 5.97 Å². The number of carbonyl (C=O) groups is 1. The third-order valence-corrected chi connectivity index (χ3v) is 5.43. The van der Waals surface area contributed by atoms with Crippen LogP contribution in [0.5, 0.6) is 0 Å². The highest BCUT2D eigenvalue weighted by Gasteiger charge is 2.26. The summed E-state index contributed by atoms with van der Waals surface area (Å²) < 4.78 is 5.88. The van der Waals surface area contributed by atoms with Gasteiger partial charge in [0.15, 0.2) is 0 Å². The van der Waals surface area contributed by atoms with Crippen molar-refractivity contribution < 1.29 is 14.6 Å². The van der Waals surface area contributed by atoms with E-state index in [1.807, 2.05) is 10.8 Å². The summed E-state index contributed by atoms with van der Waals surface area (Å²) in [6, 6.07) is 2.07. The molecule has 2 heterocycles. The fourth-order valence-electron chi connectivity index (χ4n) is 2.57. The molecule has 0 saturated heterocycles. The second-order valence-corrected chi connectivity index (χ2v) is 6.92. The normalized spacial score (nSPS) is 22.3. The van der Waals surface area contributed by atoms with Gasteiger partial charge in [-0.15, -0.1) is 11.3 Å². The van der Waals surface area contributed by atoms with Gasteiger partial charge in [0.1, 0.15) is 5.01 Å². The molecule has 3 rings (SSSR count). The second-order valence-electron chi connectivity index (χ2n) is 5.28. The molecule has 0 aromatic carbocycles. The number of ether oxygens (including phenoxy) is 1. The van der Waals surface area contributed by atoms with Gasteiger partial charge in [-0.3, -0.25) is 4.79 Å². The van der Waals surface area contributed by atoms with Gasteiger partial charge in [-0.05, 0) is 37.1 Å². The summed E-state index contributed by atoms with van der Waals surface area (Å²) in [5.41, 5.74) is 2.12. The van der Waals surface area contributed by atoms with Gasteiger partial charge < -0.3 is 9.84 Å². The van der Waals surface area contributed by atoms with E-state index in [4.69, 9.17) is 9.84 Å². The Bertz CT molecular complexity index is 586. The molecule has 2 aromatic rings. The Morgan fingerprint density at radius 3 is 2.81 bits per heavy atom. The average Bonchev–Trinajstić information content (AvgIpc) is 3.16. The molecule has 1 saturated carbocycles. The minimum absolute atomic E-state index is 0.173. The summed E-state index contributed by atoms with van der Waals surface area (Å²) in [6.45, 7) is 0.517. The van der Waals surface area contributed by atoms with Crippen molar-refractivity contribution >= 4 is 28.6 Å². The number of aromatic nitrogens is 1. The van der Waals surface area contributed by atoms with Gasteiger partial charge in [0, 0.05) is 16.3 Å². The second kappa shape index (κ2) is 6.68. The first-order valence-electron chi connectivity index (χ1n) is 7.04. The van der Waals surface area contributed by atoms with E-state index in [9.17, 15) is 4.79 Å². The summed E-state index contributed by atoms with van der Waals surface area (Å²) >= 11 is 3.31. The van der Waals surface area contributed by atoms with Crippen LogP contribution in [0.25, 0.3) is 10.6 Å². The Balaban J connectivity index is 1.49. The van der Waals surface area contributed by atoms with Crippen LogP contribution >= 0.6 is 22.7 Å². The van der Waals surface area contributed by atoms with Gasteiger partial charge in [0.05, 0.1) is 24.3 Å². The molecule has 4 nitrogen and oxygen atoms in total. The molecule has 112 valence electrons. The van der Waals surface area contributed by atoms with Crippen molar-refractivity contribution in [1.29, 1.82) is 0 Å². The maximum absolute atomic E-state index is 10.9. The number of rotatable bonds is 5. The summed E-state index contributed by atoms with van der Waals surface area (Å²) in [6.07, 6.45) is 3.28. The van der Waals surface area contributed by atoms with Crippen molar-refractivity contribution in [2.45, 2.75) is 38.4 Å².